The molecule has 1 fully saturated rings. The molecule has 0 radical (unpaired) electrons. The van der Waals surface area contributed by atoms with Crippen molar-refractivity contribution in [3.8, 4) is 0 Å². The zero-order valence-corrected chi connectivity index (χ0v) is 12.3. The highest BCUT2D eigenvalue weighted by Gasteiger charge is 2.29. The van der Waals surface area contributed by atoms with Gasteiger partial charge in [-0.3, -0.25) is 0 Å². The largest absolute Gasteiger partial charge is 0.389 e. The summed E-state index contributed by atoms with van der Waals surface area (Å²) in [6.45, 7) is 2.79. The molecule has 0 spiro atoms. The highest BCUT2D eigenvalue weighted by molar-refractivity contribution is 7.99. The Balaban J connectivity index is 1.85. The molecule has 0 aliphatic carbocycles. The van der Waals surface area contributed by atoms with Crippen LogP contribution >= 0.6 is 34.7 Å². The summed E-state index contributed by atoms with van der Waals surface area (Å²) in [6, 6.07) is 4.23. The van der Waals surface area contributed by atoms with Crippen molar-refractivity contribution in [2.45, 2.75) is 31.4 Å². The Morgan fingerprint density at radius 2 is 2.18 bits per heavy atom. The van der Waals surface area contributed by atoms with Crippen molar-refractivity contribution < 1.29 is 5.11 Å². The predicted molar refractivity (Wildman–Crippen MR) is 77.3 cm³/mol. The second-order valence-electron chi connectivity index (χ2n) is 4.58. The van der Waals surface area contributed by atoms with E-state index in [-0.39, 0.29) is 6.04 Å². The van der Waals surface area contributed by atoms with Crippen LogP contribution in [-0.4, -0.2) is 28.8 Å². The van der Waals surface area contributed by atoms with Gasteiger partial charge in [0.25, 0.3) is 0 Å². The van der Waals surface area contributed by atoms with Crippen LogP contribution in [0.5, 0.6) is 0 Å². The Hall–Kier alpha value is 0.260. The number of rotatable bonds is 4. The van der Waals surface area contributed by atoms with Crippen molar-refractivity contribution in [2.75, 3.05) is 18.1 Å². The fourth-order valence-corrected chi connectivity index (χ4v) is 4.27. The van der Waals surface area contributed by atoms with Gasteiger partial charge in [-0.2, -0.15) is 11.8 Å². The summed E-state index contributed by atoms with van der Waals surface area (Å²) in [5.74, 6) is 2.13. The molecule has 2 heterocycles. The molecule has 2 nitrogen and oxygen atoms in total. The van der Waals surface area contributed by atoms with Gasteiger partial charge in [-0.05, 0) is 43.4 Å². The lowest BCUT2D eigenvalue weighted by molar-refractivity contribution is 0.0301. The van der Waals surface area contributed by atoms with Crippen LogP contribution in [0.15, 0.2) is 12.1 Å². The third-order valence-corrected chi connectivity index (χ3v) is 5.58. The molecule has 96 valence electrons. The Morgan fingerprint density at radius 1 is 1.47 bits per heavy atom. The zero-order valence-electron chi connectivity index (χ0n) is 9.91. The molecule has 0 bridgehead atoms. The number of aliphatic hydroxyl groups is 1. The average Bonchev–Trinajstić information content (AvgIpc) is 2.74. The van der Waals surface area contributed by atoms with Gasteiger partial charge in [0, 0.05) is 17.5 Å². The van der Waals surface area contributed by atoms with Crippen molar-refractivity contribution in [1.82, 2.24) is 5.32 Å². The Morgan fingerprint density at radius 3 is 2.76 bits per heavy atom. The van der Waals surface area contributed by atoms with Gasteiger partial charge >= 0.3 is 0 Å². The smallest absolute Gasteiger partial charge is 0.0931 e. The third-order valence-electron chi connectivity index (χ3n) is 3.18. The highest BCUT2D eigenvalue weighted by atomic mass is 35.5. The summed E-state index contributed by atoms with van der Waals surface area (Å²) in [5, 5.41) is 13.8. The van der Waals surface area contributed by atoms with Crippen LogP contribution < -0.4 is 5.32 Å². The average molecular weight is 292 g/mol. The van der Waals surface area contributed by atoms with Crippen LogP contribution in [0, 0.1) is 0 Å². The summed E-state index contributed by atoms with van der Waals surface area (Å²) in [4.78, 5) is 1.23. The maximum Gasteiger partial charge on any atom is 0.0931 e. The maximum absolute atomic E-state index is 10.4. The van der Waals surface area contributed by atoms with Gasteiger partial charge in [0.15, 0.2) is 0 Å². The second-order valence-corrected chi connectivity index (χ2v) is 7.55. The first-order valence-corrected chi connectivity index (χ1v) is 8.23. The molecule has 17 heavy (non-hydrogen) atoms. The summed E-state index contributed by atoms with van der Waals surface area (Å²) >= 11 is 9.45. The molecular weight excluding hydrogens is 274 g/mol. The molecule has 1 aromatic rings. The van der Waals surface area contributed by atoms with Crippen molar-refractivity contribution in [2.24, 2.45) is 0 Å². The van der Waals surface area contributed by atoms with E-state index >= 15 is 0 Å². The molecule has 1 atom stereocenters. The number of hydrogen-bond donors (Lipinski definition) is 2. The summed E-state index contributed by atoms with van der Waals surface area (Å²) in [6.07, 6.45) is 1.78. The summed E-state index contributed by atoms with van der Waals surface area (Å²) < 4.78 is 0.821. The SMILES string of the molecule is CC(NCC1(O)CCSCC1)c1ccc(Cl)s1. The molecule has 1 aliphatic heterocycles. The van der Waals surface area contributed by atoms with Crippen LogP contribution in [0.1, 0.15) is 30.7 Å². The lowest BCUT2D eigenvalue weighted by Crippen LogP contribution is -2.44. The van der Waals surface area contributed by atoms with Gasteiger partial charge in [-0.1, -0.05) is 11.6 Å². The van der Waals surface area contributed by atoms with Crippen molar-refractivity contribution in [1.29, 1.82) is 0 Å². The molecule has 2 rings (SSSR count). The number of nitrogens with one attached hydrogen (secondary N) is 1. The van der Waals surface area contributed by atoms with E-state index in [4.69, 9.17) is 11.6 Å². The van der Waals surface area contributed by atoms with Gasteiger partial charge < -0.3 is 10.4 Å². The zero-order chi connectivity index (χ0) is 12.3. The maximum atomic E-state index is 10.4. The van der Waals surface area contributed by atoms with E-state index in [0.29, 0.717) is 6.54 Å². The molecule has 1 aliphatic rings. The van der Waals surface area contributed by atoms with E-state index in [0.717, 1.165) is 28.7 Å². The van der Waals surface area contributed by atoms with Gasteiger partial charge in [0.2, 0.25) is 0 Å². The molecular formula is C12H18ClNOS2. The Kier molecular flexibility index (Phi) is 4.78. The van der Waals surface area contributed by atoms with Crippen molar-refractivity contribution >= 4 is 34.7 Å². The number of thiophene rings is 1. The molecule has 1 unspecified atom stereocenters. The predicted octanol–water partition coefficient (Wildman–Crippen LogP) is 3.31. The van der Waals surface area contributed by atoms with Gasteiger partial charge in [0.05, 0.1) is 9.94 Å². The number of thioether (sulfide) groups is 1. The lowest BCUT2D eigenvalue weighted by atomic mass is 9.96. The first kappa shape index (κ1) is 13.7. The minimum atomic E-state index is -0.513. The molecule has 0 saturated carbocycles. The molecule has 1 aromatic heterocycles. The minimum Gasteiger partial charge on any atom is -0.389 e. The normalized spacial score (nSPS) is 21.4. The van der Waals surface area contributed by atoms with Crippen LogP contribution in [-0.2, 0) is 0 Å². The first-order valence-electron chi connectivity index (χ1n) is 5.88. The van der Waals surface area contributed by atoms with E-state index in [2.05, 4.69) is 12.2 Å². The second kappa shape index (κ2) is 5.93. The van der Waals surface area contributed by atoms with Crippen LogP contribution in [0.2, 0.25) is 4.34 Å². The van der Waals surface area contributed by atoms with Crippen molar-refractivity contribution in [3.05, 3.63) is 21.3 Å². The topological polar surface area (TPSA) is 32.3 Å². The fraction of sp³-hybridized carbons (Fsp3) is 0.667. The Bertz CT molecular complexity index is 363. The first-order chi connectivity index (χ1) is 8.09. The quantitative estimate of drug-likeness (QED) is 0.893. The van der Waals surface area contributed by atoms with Gasteiger partial charge in [0.1, 0.15) is 0 Å². The van der Waals surface area contributed by atoms with E-state index in [1.54, 1.807) is 11.3 Å². The minimum absolute atomic E-state index is 0.256. The van der Waals surface area contributed by atoms with E-state index in [1.807, 2.05) is 23.9 Å². The highest BCUT2D eigenvalue weighted by Crippen LogP contribution is 2.29. The van der Waals surface area contributed by atoms with E-state index in [9.17, 15) is 5.11 Å². The molecule has 2 N–H and O–H groups in total. The fourth-order valence-electron chi connectivity index (χ4n) is 1.93. The van der Waals surface area contributed by atoms with Crippen LogP contribution in [0.3, 0.4) is 0 Å². The Labute approximate surface area is 116 Å². The number of hydrogen-bond acceptors (Lipinski definition) is 4. The van der Waals surface area contributed by atoms with Crippen LogP contribution in [0.4, 0.5) is 0 Å². The summed E-state index contributed by atoms with van der Waals surface area (Å²) in [5.41, 5.74) is -0.513. The van der Waals surface area contributed by atoms with Crippen molar-refractivity contribution in [3.63, 3.8) is 0 Å². The monoisotopic (exact) mass is 291 g/mol. The van der Waals surface area contributed by atoms with Crippen LogP contribution in [0.25, 0.3) is 0 Å². The molecule has 5 heteroatoms. The van der Waals surface area contributed by atoms with Gasteiger partial charge in [-0.25, -0.2) is 0 Å². The molecule has 1 saturated heterocycles. The molecule has 0 aromatic carbocycles. The van der Waals surface area contributed by atoms with Gasteiger partial charge in [-0.15, -0.1) is 11.3 Å². The standard InChI is InChI=1S/C12H18ClNOS2/c1-9(10-2-3-11(13)17-10)14-8-12(15)4-6-16-7-5-12/h2-3,9,14-15H,4-8H2,1H3. The summed E-state index contributed by atoms with van der Waals surface area (Å²) in [7, 11) is 0. The third kappa shape index (κ3) is 3.86. The number of halogens is 1. The molecule has 0 amide bonds. The van der Waals surface area contributed by atoms with E-state index < -0.39 is 5.60 Å². The van der Waals surface area contributed by atoms with E-state index in [1.165, 1.54) is 4.88 Å². The lowest BCUT2D eigenvalue weighted by Gasteiger charge is -2.33.